The minimum absolute atomic E-state index is 0.243. The van der Waals surface area contributed by atoms with Crippen LogP contribution in [0.25, 0.3) is 0 Å². The zero-order valence-corrected chi connectivity index (χ0v) is 14.1. The van der Waals surface area contributed by atoms with Gasteiger partial charge in [-0.3, -0.25) is 0 Å². The number of nitrogens with one attached hydrogen (secondary N) is 2. The maximum absolute atomic E-state index is 11.8. The fraction of sp³-hybridized carbons (Fsp3) is 0.125. The zero-order valence-electron chi connectivity index (χ0n) is 11.7. The Morgan fingerprint density at radius 1 is 1.18 bits per heavy atom. The Morgan fingerprint density at radius 3 is 2.59 bits per heavy atom. The van der Waals surface area contributed by atoms with Crippen LogP contribution in [0, 0.1) is 10.7 Å². The van der Waals surface area contributed by atoms with E-state index in [-0.39, 0.29) is 6.03 Å². The Balaban J connectivity index is 1.78. The lowest BCUT2D eigenvalue weighted by Gasteiger charge is -2.08. The molecule has 2 rings (SSSR count). The van der Waals surface area contributed by atoms with Crippen molar-refractivity contribution in [3.8, 4) is 5.40 Å². The molecule has 0 atom stereocenters. The quantitative estimate of drug-likeness (QED) is 0.601. The highest BCUT2D eigenvalue weighted by Gasteiger charge is 2.03. The average Bonchev–Trinajstić information content (AvgIpc) is 2.51. The van der Waals surface area contributed by atoms with Crippen molar-refractivity contribution in [2.75, 3.05) is 11.9 Å². The van der Waals surface area contributed by atoms with E-state index in [9.17, 15) is 4.79 Å². The Morgan fingerprint density at radius 2 is 1.91 bits per heavy atom. The van der Waals surface area contributed by atoms with Gasteiger partial charge in [0.1, 0.15) is 5.40 Å². The molecule has 0 fully saturated rings. The lowest BCUT2D eigenvalue weighted by molar-refractivity contribution is 0.252. The largest absolute Gasteiger partial charge is 0.338 e. The number of nitriles is 1. The van der Waals surface area contributed by atoms with Crippen LogP contribution < -0.4 is 10.6 Å². The van der Waals surface area contributed by atoms with Crippen LogP contribution in [0.3, 0.4) is 0 Å². The average molecular weight is 376 g/mol. The normalized spacial score (nSPS) is 9.82. The van der Waals surface area contributed by atoms with Crippen LogP contribution in [-0.4, -0.2) is 12.6 Å². The van der Waals surface area contributed by atoms with Gasteiger partial charge in [-0.15, -0.1) is 0 Å². The highest BCUT2D eigenvalue weighted by Crippen LogP contribution is 2.19. The molecule has 112 valence electrons. The number of carbonyl (C=O) groups is 1. The predicted molar refractivity (Wildman–Crippen MR) is 92.8 cm³/mol. The van der Waals surface area contributed by atoms with E-state index in [1.165, 1.54) is 0 Å². The van der Waals surface area contributed by atoms with Gasteiger partial charge < -0.3 is 10.6 Å². The molecule has 0 saturated carbocycles. The number of carbonyl (C=O) groups excluding carboxylic acids is 1. The Labute approximate surface area is 142 Å². The fourth-order valence-corrected chi connectivity index (χ4v) is 2.71. The maximum atomic E-state index is 11.8. The number of thioether (sulfide) groups is 1. The highest BCUT2D eigenvalue weighted by atomic mass is 79.9. The van der Waals surface area contributed by atoms with Crippen LogP contribution in [0.1, 0.15) is 5.56 Å². The highest BCUT2D eigenvalue weighted by molar-refractivity contribution is 9.10. The molecular formula is C16H14BrN3OS. The van der Waals surface area contributed by atoms with Gasteiger partial charge in [0.25, 0.3) is 0 Å². The van der Waals surface area contributed by atoms with Crippen molar-refractivity contribution in [3.05, 3.63) is 58.6 Å². The van der Waals surface area contributed by atoms with Crippen LogP contribution in [-0.2, 0) is 6.42 Å². The Hall–Kier alpha value is -1.97. The molecule has 6 heteroatoms. The smallest absolute Gasteiger partial charge is 0.319 e. The lowest BCUT2D eigenvalue weighted by atomic mass is 10.1. The molecule has 0 radical (unpaired) electrons. The number of thiocyanates is 1. The molecule has 2 N–H and O–H groups in total. The van der Waals surface area contributed by atoms with Gasteiger partial charge in [-0.25, -0.2) is 4.79 Å². The second-order valence-corrected chi connectivity index (χ2v) is 6.15. The van der Waals surface area contributed by atoms with E-state index >= 15 is 0 Å². The van der Waals surface area contributed by atoms with Gasteiger partial charge in [0, 0.05) is 21.6 Å². The number of amides is 2. The Bertz CT molecular complexity index is 683. The van der Waals surface area contributed by atoms with E-state index < -0.39 is 0 Å². The molecule has 4 nitrogen and oxygen atoms in total. The predicted octanol–water partition coefficient (Wildman–Crippen LogP) is 4.39. The summed E-state index contributed by atoms with van der Waals surface area (Å²) in [7, 11) is 0. The van der Waals surface area contributed by atoms with Crippen molar-refractivity contribution in [3.63, 3.8) is 0 Å². The first kappa shape index (κ1) is 16.4. The van der Waals surface area contributed by atoms with Gasteiger partial charge in [-0.1, -0.05) is 34.1 Å². The number of urea groups is 1. The maximum Gasteiger partial charge on any atom is 0.319 e. The number of rotatable bonds is 5. The molecule has 0 aliphatic heterocycles. The van der Waals surface area contributed by atoms with Crippen molar-refractivity contribution in [2.45, 2.75) is 11.3 Å². The molecular weight excluding hydrogens is 362 g/mol. The summed E-state index contributed by atoms with van der Waals surface area (Å²) >= 11 is 4.57. The fourth-order valence-electron chi connectivity index (χ4n) is 1.85. The van der Waals surface area contributed by atoms with Gasteiger partial charge in [0.15, 0.2) is 0 Å². The van der Waals surface area contributed by atoms with Crippen LogP contribution in [0.5, 0.6) is 0 Å². The number of halogens is 1. The molecule has 0 aromatic heterocycles. The number of nitrogens with zero attached hydrogens (tertiary/aromatic N) is 1. The van der Waals surface area contributed by atoms with Crippen LogP contribution in [0.2, 0.25) is 0 Å². The van der Waals surface area contributed by atoms with Crippen molar-refractivity contribution < 1.29 is 4.79 Å². The zero-order chi connectivity index (χ0) is 15.8. The third-order valence-corrected chi connectivity index (χ3v) is 4.29. The van der Waals surface area contributed by atoms with Crippen molar-refractivity contribution in [2.24, 2.45) is 0 Å². The summed E-state index contributed by atoms with van der Waals surface area (Å²) in [5, 5.41) is 16.2. The van der Waals surface area contributed by atoms with Gasteiger partial charge in [-0.05, 0) is 54.1 Å². The molecule has 2 aromatic rings. The van der Waals surface area contributed by atoms with E-state index in [1.807, 2.05) is 29.7 Å². The monoisotopic (exact) mass is 375 g/mol. The molecule has 0 unspecified atom stereocenters. The molecule has 22 heavy (non-hydrogen) atoms. The van der Waals surface area contributed by atoms with Gasteiger partial charge >= 0.3 is 6.03 Å². The third kappa shape index (κ3) is 5.10. The molecule has 0 aliphatic rings. The van der Waals surface area contributed by atoms with Crippen molar-refractivity contribution in [1.29, 1.82) is 5.26 Å². The van der Waals surface area contributed by atoms with Gasteiger partial charge in [-0.2, -0.15) is 5.26 Å². The standard InChI is InChI=1S/C16H14BrN3OS/c17-15-4-2-1-3-12(15)9-10-19-16(21)20-13-5-7-14(8-6-13)22-11-18/h1-8H,9-10H2,(H2,19,20,21). The number of hydrogen-bond acceptors (Lipinski definition) is 3. The Kier molecular flexibility index (Phi) is 6.31. The minimum atomic E-state index is -0.243. The first-order valence-corrected chi connectivity index (χ1v) is 8.24. The summed E-state index contributed by atoms with van der Waals surface area (Å²) in [6, 6.07) is 14.8. The van der Waals surface area contributed by atoms with E-state index in [0.717, 1.165) is 33.1 Å². The number of hydrogen-bond donors (Lipinski definition) is 2. The SMILES string of the molecule is N#CSc1ccc(NC(=O)NCCc2ccccc2Br)cc1. The van der Waals surface area contributed by atoms with Gasteiger partial charge in [0.05, 0.1) is 0 Å². The molecule has 0 spiro atoms. The summed E-state index contributed by atoms with van der Waals surface area (Å²) in [6.07, 6.45) is 0.757. The third-order valence-electron chi connectivity index (χ3n) is 2.91. The van der Waals surface area contributed by atoms with E-state index in [2.05, 4.69) is 26.6 Å². The number of anilines is 1. The molecule has 2 amide bonds. The van der Waals surface area contributed by atoms with Crippen molar-refractivity contribution in [1.82, 2.24) is 5.32 Å². The topological polar surface area (TPSA) is 64.9 Å². The molecule has 2 aromatic carbocycles. The lowest BCUT2D eigenvalue weighted by Crippen LogP contribution is -2.30. The second kappa shape index (κ2) is 8.47. The summed E-state index contributed by atoms with van der Waals surface area (Å²) in [6.45, 7) is 0.552. The van der Waals surface area contributed by atoms with Gasteiger partial charge in [0.2, 0.25) is 0 Å². The summed E-state index contributed by atoms with van der Waals surface area (Å²) < 4.78 is 1.04. The molecule has 0 heterocycles. The molecule has 0 saturated heterocycles. The van der Waals surface area contributed by atoms with E-state index in [1.54, 1.807) is 24.3 Å². The summed E-state index contributed by atoms with van der Waals surface area (Å²) in [5.74, 6) is 0. The van der Waals surface area contributed by atoms with E-state index in [4.69, 9.17) is 5.26 Å². The van der Waals surface area contributed by atoms with Crippen LogP contribution in [0.4, 0.5) is 10.5 Å². The number of benzene rings is 2. The molecule has 0 bridgehead atoms. The van der Waals surface area contributed by atoms with E-state index in [0.29, 0.717) is 12.2 Å². The first-order valence-electron chi connectivity index (χ1n) is 6.63. The van der Waals surface area contributed by atoms with Crippen LogP contribution >= 0.6 is 27.7 Å². The van der Waals surface area contributed by atoms with Crippen molar-refractivity contribution >= 4 is 39.4 Å². The second-order valence-electron chi connectivity index (χ2n) is 4.44. The molecule has 0 aliphatic carbocycles. The summed E-state index contributed by atoms with van der Waals surface area (Å²) in [5.41, 5.74) is 1.85. The van der Waals surface area contributed by atoms with Crippen LogP contribution in [0.15, 0.2) is 57.9 Å². The first-order chi connectivity index (χ1) is 10.7. The minimum Gasteiger partial charge on any atom is -0.338 e. The summed E-state index contributed by atoms with van der Waals surface area (Å²) in [4.78, 5) is 12.7.